The maximum Gasteiger partial charge on any atom is 0.339 e. The zero-order chi connectivity index (χ0) is 28.2. The summed E-state index contributed by atoms with van der Waals surface area (Å²) < 4.78 is 47.7. The summed E-state index contributed by atoms with van der Waals surface area (Å²) in [4.78, 5) is 26.7. The molecule has 3 aromatic rings. The molecule has 2 amide bonds. The van der Waals surface area contributed by atoms with Crippen molar-refractivity contribution in [3.05, 3.63) is 79.7 Å². The van der Waals surface area contributed by atoms with E-state index < -0.39 is 21.3 Å². The molecular formula is C26H21ClINO8S2. The Morgan fingerprint density at radius 3 is 2.31 bits per heavy atom. The second-order valence-corrected chi connectivity index (χ2v) is 12.0. The summed E-state index contributed by atoms with van der Waals surface area (Å²) in [7, 11) is -1.27. The fourth-order valence-corrected chi connectivity index (χ4v) is 6.33. The van der Waals surface area contributed by atoms with E-state index >= 15 is 0 Å². The summed E-state index contributed by atoms with van der Waals surface area (Å²) in [6, 6.07) is 15.8. The fourth-order valence-electron chi connectivity index (χ4n) is 3.49. The number of hydrogen-bond acceptors (Lipinski definition) is 9. The van der Waals surface area contributed by atoms with Crippen LogP contribution in [0.5, 0.6) is 23.0 Å². The van der Waals surface area contributed by atoms with Crippen molar-refractivity contribution in [2.75, 3.05) is 27.4 Å². The lowest BCUT2D eigenvalue weighted by Crippen LogP contribution is -2.32. The zero-order valence-corrected chi connectivity index (χ0v) is 25.1. The average Bonchev–Trinajstić information content (AvgIpc) is 3.17. The number of nitrogens with zero attached hydrogens (tertiary/aromatic N) is 1. The number of carbonyl (C=O) groups is 2. The minimum absolute atomic E-state index is 0.00760. The molecule has 0 aromatic heterocycles. The Labute approximate surface area is 248 Å². The lowest BCUT2D eigenvalue weighted by molar-refractivity contribution is -0.123. The van der Waals surface area contributed by atoms with Crippen LogP contribution in [0.4, 0.5) is 4.79 Å². The number of amides is 2. The van der Waals surface area contributed by atoms with E-state index in [1.807, 2.05) is 22.6 Å². The van der Waals surface area contributed by atoms with Gasteiger partial charge in [-0.15, -0.1) is 0 Å². The Morgan fingerprint density at radius 1 is 0.974 bits per heavy atom. The third-order valence-electron chi connectivity index (χ3n) is 5.36. The first kappa shape index (κ1) is 29.1. The molecule has 4 rings (SSSR count). The third-order valence-corrected chi connectivity index (χ3v) is 8.56. The van der Waals surface area contributed by atoms with Crippen molar-refractivity contribution in [2.24, 2.45) is 0 Å². The minimum Gasteiger partial charge on any atom is -0.493 e. The lowest BCUT2D eigenvalue weighted by Gasteiger charge is -2.15. The predicted octanol–water partition coefficient (Wildman–Crippen LogP) is 5.84. The number of benzene rings is 3. The van der Waals surface area contributed by atoms with Crippen LogP contribution in [0, 0.1) is 3.57 Å². The fraction of sp³-hybridized carbons (Fsp3) is 0.154. The summed E-state index contributed by atoms with van der Waals surface area (Å²) in [5.74, 6) is 0.711. The minimum atomic E-state index is -4.17. The van der Waals surface area contributed by atoms with Gasteiger partial charge in [0.05, 0.1) is 29.2 Å². The summed E-state index contributed by atoms with van der Waals surface area (Å²) >= 11 is 8.56. The number of halogens is 2. The van der Waals surface area contributed by atoms with E-state index in [9.17, 15) is 18.0 Å². The van der Waals surface area contributed by atoms with E-state index in [-0.39, 0.29) is 34.5 Å². The van der Waals surface area contributed by atoms with E-state index in [0.29, 0.717) is 25.7 Å². The molecule has 1 heterocycles. The number of imide groups is 1. The van der Waals surface area contributed by atoms with Crippen LogP contribution in [-0.2, 0) is 14.9 Å². The number of rotatable bonds is 10. The van der Waals surface area contributed by atoms with Crippen LogP contribution in [0.1, 0.15) is 5.56 Å². The van der Waals surface area contributed by atoms with E-state index in [1.54, 1.807) is 30.3 Å². The standard InChI is InChI=1S/C26H21ClINO8S2/c1-34-20-5-3-4-6-21(20)36-12-11-29-25(30)23(38-26(29)31)15-16-13-19(28)24(22(14-16)35-2)37-39(32,33)18-9-7-17(27)8-10-18/h3-10,13-15H,11-12H2,1-2H3/b23-15-. The highest BCUT2D eigenvalue weighted by atomic mass is 127. The number of carbonyl (C=O) groups excluding carboxylic acids is 2. The molecular weight excluding hydrogens is 681 g/mol. The number of methoxy groups -OCH3 is 2. The van der Waals surface area contributed by atoms with Gasteiger partial charge in [0.2, 0.25) is 0 Å². The SMILES string of the molecule is COc1ccccc1OCCN1C(=O)S/C(=C\c2cc(I)c(OS(=O)(=O)c3ccc(Cl)cc3)c(OC)c2)C1=O. The second kappa shape index (κ2) is 12.5. The van der Waals surface area contributed by atoms with Crippen molar-refractivity contribution >= 4 is 73.3 Å². The predicted molar refractivity (Wildman–Crippen MR) is 156 cm³/mol. The highest BCUT2D eigenvalue weighted by Crippen LogP contribution is 2.38. The Bertz CT molecular complexity index is 1540. The van der Waals surface area contributed by atoms with Crippen LogP contribution < -0.4 is 18.4 Å². The summed E-state index contributed by atoms with van der Waals surface area (Å²) in [5.41, 5.74) is 0.517. The van der Waals surface area contributed by atoms with Crippen molar-refractivity contribution in [1.82, 2.24) is 4.90 Å². The van der Waals surface area contributed by atoms with Gasteiger partial charge in [-0.2, -0.15) is 8.42 Å². The quantitative estimate of drug-likeness (QED) is 0.146. The Balaban J connectivity index is 1.50. The van der Waals surface area contributed by atoms with E-state index in [1.165, 1.54) is 50.6 Å². The average molecular weight is 702 g/mol. The number of hydrogen-bond donors (Lipinski definition) is 0. The van der Waals surface area contributed by atoms with Crippen molar-refractivity contribution < 1.29 is 36.4 Å². The van der Waals surface area contributed by atoms with E-state index in [2.05, 4.69) is 0 Å². The normalized spacial score (nSPS) is 14.6. The largest absolute Gasteiger partial charge is 0.493 e. The molecule has 1 aliphatic heterocycles. The molecule has 9 nitrogen and oxygen atoms in total. The van der Waals surface area contributed by atoms with Gasteiger partial charge in [-0.25, -0.2) is 0 Å². The van der Waals surface area contributed by atoms with E-state index in [4.69, 9.17) is 30.0 Å². The lowest BCUT2D eigenvalue weighted by atomic mass is 10.2. The number of thioether (sulfide) groups is 1. The van der Waals surface area contributed by atoms with Crippen LogP contribution >= 0.6 is 46.0 Å². The van der Waals surface area contributed by atoms with Crippen molar-refractivity contribution in [3.8, 4) is 23.0 Å². The van der Waals surface area contributed by atoms with Gasteiger partial charge in [-0.05, 0) is 94.5 Å². The van der Waals surface area contributed by atoms with Gasteiger partial charge >= 0.3 is 10.1 Å². The maximum absolute atomic E-state index is 12.9. The van der Waals surface area contributed by atoms with Crippen LogP contribution in [0.2, 0.25) is 5.02 Å². The topological polar surface area (TPSA) is 108 Å². The Kier molecular flexibility index (Phi) is 9.31. The molecule has 1 aliphatic rings. The zero-order valence-electron chi connectivity index (χ0n) is 20.6. The Morgan fingerprint density at radius 2 is 1.64 bits per heavy atom. The molecule has 3 aromatic carbocycles. The van der Waals surface area contributed by atoms with Gasteiger partial charge in [0.15, 0.2) is 23.0 Å². The van der Waals surface area contributed by atoms with Gasteiger partial charge in [0, 0.05) is 5.02 Å². The highest BCUT2D eigenvalue weighted by Gasteiger charge is 2.35. The maximum atomic E-state index is 12.9. The number of ether oxygens (including phenoxy) is 3. The van der Waals surface area contributed by atoms with Crippen LogP contribution in [0.15, 0.2) is 70.5 Å². The molecule has 0 spiro atoms. The van der Waals surface area contributed by atoms with Gasteiger partial charge in [-0.1, -0.05) is 23.7 Å². The molecule has 0 saturated carbocycles. The molecule has 0 N–H and O–H groups in total. The first-order chi connectivity index (χ1) is 18.6. The van der Waals surface area contributed by atoms with Crippen LogP contribution in [0.3, 0.4) is 0 Å². The van der Waals surface area contributed by atoms with Crippen LogP contribution in [0.25, 0.3) is 6.08 Å². The van der Waals surface area contributed by atoms with Gasteiger partial charge in [0.25, 0.3) is 11.1 Å². The highest BCUT2D eigenvalue weighted by molar-refractivity contribution is 14.1. The van der Waals surface area contributed by atoms with Crippen molar-refractivity contribution in [2.45, 2.75) is 4.90 Å². The molecule has 0 unspecified atom stereocenters. The van der Waals surface area contributed by atoms with E-state index in [0.717, 1.165) is 16.7 Å². The van der Waals surface area contributed by atoms with Crippen molar-refractivity contribution in [3.63, 3.8) is 0 Å². The molecule has 0 radical (unpaired) electrons. The summed E-state index contributed by atoms with van der Waals surface area (Å²) in [6.07, 6.45) is 1.54. The third kappa shape index (κ3) is 6.80. The second-order valence-electron chi connectivity index (χ2n) is 7.86. The molecule has 1 saturated heterocycles. The Hall–Kier alpha value is -2.94. The molecule has 0 aliphatic carbocycles. The van der Waals surface area contributed by atoms with Crippen molar-refractivity contribution in [1.29, 1.82) is 0 Å². The number of para-hydroxylation sites is 2. The van der Waals surface area contributed by atoms with Gasteiger partial charge < -0.3 is 18.4 Å². The first-order valence-corrected chi connectivity index (χ1v) is 14.9. The summed E-state index contributed by atoms with van der Waals surface area (Å²) in [5, 5.41) is -0.0376. The molecule has 0 bridgehead atoms. The summed E-state index contributed by atoms with van der Waals surface area (Å²) in [6.45, 7) is 0.141. The molecule has 0 atom stereocenters. The molecule has 39 heavy (non-hydrogen) atoms. The van der Waals surface area contributed by atoms with Gasteiger partial charge in [-0.3, -0.25) is 14.5 Å². The molecule has 1 fully saturated rings. The first-order valence-electron chi connectivity index (χ1n) is 11.2. The van der Waals surface area contributed by atoms with Crippen LogP contribution in [-0.4, -0.2) is 51.8 Å². The molecule has 204 valence electrons. The molecule has 13 heteroatoms. The van der Waals surface area contributed by atoms with Gasteiger partial charge in [0.1, 0.15) is 11.5 Å². The smallest absolute Gasteiger partial charge is 0.339 e. The monoisotopic (exact) mass is 701 g/mol.